The average Bonchev–Trinajstić information content (AvgIpc) is 2.91. The molecule has 0 aliphatic rings. The van der Waals surface area contributed by atoms with E-state index in [4.69, 9.17) is 0 Å². The van der Waals surface area contributed by atoms with Gasteiger partial charge in [-0.25, -0.2) is 0 Å². The number of carbonyl (C=O) groups excluding carboxylic acids is 1. The molecule has 1 aromatic heterocycles. The van der Waals surface area contributed by atoms with Crippen molar-refractivity contribution < 1.29 is 4.79 Å². The van der Waals surface area contributed by atoms with Crippen LogP contribution in [0.15, 0.2) is 60.8 Å². The molecule has 1 amide bonds. The number of nitrogens with one attached hydrogen (secondary N) is 1. The van der Waals surface area contributed by atoms with Gasteiger partial charge in [-0.05, 0) is 17.2 Å². The highest BCUT2D eigenvalue weighted by molar-refractivity contribution is 5.88. The van der Waals surface area contributed by atoms with Gasteiger partial charge in [0.1, 0.15) is 0 Å². The smallest absolute Gasteiger partial charge is 0.227 e. The lowest BCUT2D eigenvalue weighted by Crippen LogP contribution is -2.27. The zero-order valence-electron chi connectivity index (χ0n) is 12.0. The van der Waals surface area contributed by atoms with E-state index in [1.807, 2.05) is 67.8 Å². The van der Waals surface area contributed by atoms with Crippen molar-refractivity contribution in [3.63, 3.8) is 0 Å². The Morgan fingerprint density at radius 1 is 1.05 bits per heavy atom. The summed E-state index contributed by atoms with van der Waals surface area (Å²) in [6.45, 7) is 0.641. The molecule has 2 aromatic carbocycles. The van der Waals surface area contributed by atoms with Crippen molar-refractivity contribution in [1.29, 1.82) is 0 Å². The minimum atomic E-state index is 0.128. The summed E-state index contributed by atoms with van der Waals surface area (Å²) < 4.78 is 0. The first-order valence-corrected chi connectivity index (χ1v) is 7.07. The van der Waals surface area contributed by atoms with E-state index in [2.05, 4.69) is 4.98 Å². The number of para-hydroxylation sites is 1. The maximum atomic E-state index is 12.4. The molecule has 1 N–H and O–H groups in total. The Bertz CT molecular complexity index is 746. The van der Waals surface area contributed by atoms with Crippen molar-refractivity contribution in [2.75, 3.05) is 7.05 Å². The lowest BCUT2D eigenvalue weighted by molar-refractivity contribution is -0.129. The number of hydrogen-bond acceptors (Lipinski definition) is 1. The third-order valence-electron chi connectivity index (χ3n) is 3.70. The van der Waals surface area contributed by atoms with E-state index in [-0.39, 0.29) is 5.91 Å². The maximum Gasteiger partial charge on any atom is 0.227 e. The Morgan fingerprint density at radius 3 is 2.57 bits per heavy atom. The Morgan fingerprint density at radius 2 is 1.76 bits per heavy atom. The fourth-order valence-electron chi connectivity index (χ4n) is 2.52. The van der Waals surface area contributed by atoms with Gasteiger partial charge in [-0.3, -0.25) is 4.79 Å². The van der Waals surface area contributed by atoms with Crippen LogP contribution in [0.3, 0.4) is 0 Å². The lowest BCUT2D eigenvalue weighted by atomic mass is 10.1. The van der Waals surface area contributed by atoms with Crippen molar-refractivity contribution in [1.82, 2.24) is 9.88 Å². The molecule has 0 bridgehead atoms. The number of amides is 1. The van der Waals surface area contributed by atoms with Gasteiger partial charge in [0.25, 0.3) is 0 Å². The number of nitrogens with zero attached hydrogens (tertiary/aromatic N) is 1. The first-order valence-electron chi connectivity index (χ1n) is 7.07. The molecule has 0 fully saturated rings. The highest BCUT2D eigenvalue weighted by atomic mass is 16.2. The van der Waals surface area contributed by atoms with Crippen LogP contribution in [0.2, 0.25) is 0 Å². The molecule has 0 spiro atoms. The van der Waals surface area contributed by atoms with Gasteiger partial charge in [0.2, 0.25) is 5.91 Å². The first kappa shape index (κ1) is 13.4. The van der Waals surface area contributed by atoms with Gasteiger partial charge in [0.05, 0.1) is 6.42 Å². The fraction of sp³-hybridized carbons (Fsp3) is 0.167. The molecule has 0 saturated heterocycles. The topological polar surface area (TPSA) is 36.1 Å². The SMILES string of the molecule is CN(Cc1ccccc1)C(=O)Cc1c[nH]c2ccccc12. The number of carbonyl (C=O) groups is 1. The average molecular weight is 278 g/mol. The molecule has 3 nitrogen and oxygen atoms in total. The Hall–Kier alpha value is -2.55. The van der Waals surface area contributed by atoms with E-state index in [0.717, 1.165) is 22.0 Å². The number of rotatable bonds is 4. The number of benzene rings is 2. The van der Waals surface area contributed by atoms with Gasteiger partial charge in [-0.2, -0.15) is 0 Å². The van der Waals surface area contributed by atoms with Gasteiger partial charge >= 0.3 is 0 Å². The van der Waals surface area contributed by atoms with Crippen LogP contribution in [0.25, 0.3) is 10.9 Å². The van der Waals surface area contributed by atoms with Gasteiger partial charge in [-0.1, -0.05) is 48.5 Å². The van der Waals surface area contributed by atoms with Crippen molar-refractivity contribution in [3.05, 3.63) is 71.9 Å². The summed E-state index contributed by atoms with van der Waals surface area (Å²) in [5, 5.41) is 1.12. The fourth-order valence-corrected chi connectivity index (χ4v) is 2.52. The van der Waals surface area contributed by atoms with E-state index in [0.29, 0.717) is 13.0 Å². The molecule has 0 atom stereocenters. The number of aromatic nitrogens is 1. The molecule has 0 aliphatic carbocycles. The van der Waals surface area contributed by atoms with Gasteiger partial charge in [-0.15, -0.1) is 0 Å². The highest BCUT2D eigenvalue weighted by Gasteiger charge is 2.12. The van der Waals surface area contributed by atoms with E-state index in [1.54, 1.807) is 4.90 Å². The molecular weight excluding hydrogens is 260 g/mol. The normalized spacial score (nSPS) is 10.7. The summed E-state index contributed by atoms with van der Waals surface area (Å²) in [5.74, 6) is 0.128. The van der Waals surface area contributed by atoms with Crippen molar-refractivity contribution in [3.8, 4) is 0 Å². The van der Waals surface area contributed by atoms with E-state index < -0.39 is 0 Å². The zero-order valence-corrected chi connectivity index (χ0v) is 12.0. The monoisotopic (exact) mass is 278 g/mol. The zero-order chi connectivity index (χ0) is 14.7. The van der Waals surface area contributed by atoms with Crippen LogP contribution in [0.5, 0.6) is 0 Å². The molecule has 0 radical (unpaired) electrons. The molecule has 106 valence electrons. The van der Waals surface area contributed by atoms with Crippen LogP contribution < -0.4 is 0 Å². The van der Waals surface area contributed by atoms with E-state index in [9.17, 15) is 4.79 Å². The molecule has 3 aromatic rings. The quantitative estimate of drug-likeness (QED) is 0.780. The third kappa shape index (κ3) is 2.97. The second-order valence-electron chi connectivity index (χ2n) is 5.27. The van der Waals surface area contributed by atoms with Crippen LogP contribution in [-0.4, -0.2) is 22.8 Å². The van der Waals surface area contributed by atoms with Crippen LogP contribution >= 0.6 is 0 Å². The Balaban J connectivity index is 1.71. The first-order chi connectivity index (χ1) is 10.2. The summed E-state index contributed by atoms with van der Waals surface area (Å²) in [6, 6.07) is 18.1. The van der Waals surface area contributed by atoms with Gasteiger partial charge in [0.15, 0.2) is 0 Å². The number of aromatic amines is 1. The third-order valence-corrected chi connectivity index (χ3v) is 3.70. The summed E-state index contributed by atoms with van der Waals surface area (Å²) in [4.78, 5) is 17.4. The van der Waals surface area contributed by atoms with E-state index in [1.165, 1.54) is 0 Å². The second-order valence-corrected chi connectivity index (χ2v) is 5.27. The molecule has 0 aliphatic heterocycles. The molecule has 3 rings (SSSR count). The molecule has 0 saturated carbocycles. The number of hydrogen-bond donors (Lipinski definition) is 1. The van der Waals surface area contributed by atoms with Crippen LogP contribution in [-0.2, 0) is 17.8 Å². The second kappa shape index (κ2) is 5.83. The standard InChI is InChI=1S/C18H18N2O/c1-20(13-14-7-3-2-4-8-14)18(21)11-15-12-19-17-10-6-5-9-16(15)17/h2-10,12,19H,11,13H2,1H3. The molecule has 3 heteroatoms. The summed E-state index contributed by atoms with van der Waals surface area (Å²) >= 11 is 0. The van der Waals surface area contributed by atoms with Crippen molar-refractivity contribution in [2.45, 2.75) is 13.0 Å². The van der Waals surface area contributed by atoms with Crippen LogP contribution in [0.4, 0.5) is 0 Å². The van der Waals surface area contributed by atoms with Gasteiger partial charge in [0, 0.05) is 30.7 Å². The number of likely N-dealkylation sites (N-methyl/N-ethyl adjacent to an activating group) is 1. The molecular formula is C18H18N2O. The number of fused-ring (bicyclic) bond motifs is 1. The van der Waals surface area contributed by atoms with Crippen molar-refractivity contribution in [2.24, 2.45) is 0 Å². The van der Waals surface area contributed by atoms with Crippen LogP contribution in [0, 0.1) is 0 Å². The largest absolute Gasteiger partial charge is 0.361 e. The minimum absolute atomic E-state index is 0.128. The van der Waals surface area contributed by atoms with Crippen LogP contribution in [0.1, 0.15) is 11.1 Å². The molecule has 0 unspecified atom stereocenters. The molecule has 21 heavy (non-hydrogen) atoms. The number of H-pyrrole nitrogens is 1. The minimum Gasteiger partial charge on any atom is -0.361 e. The predicted molar refractivity (Wildman–Crippen MR) is 84.9 cm³/mol. The summed E-state index contributed by atoms with van der Waals surface area (Å²) in [6.07, 6.45) is 2.35. The van der Waals surface area contributed by atoms with Crippen molar-refractivity contribution >= 4 is 16.8 Å². The molecule has 1 heterocycles. The maximum absolute atomic E-state index is 12.4. The predicted octanol–water partition coefficient (Wildman–Crippen LogP) is 3.37. The highest BCUT2D eigenvalue weighted by Crippen LogP contribution is 2.18. The Labute approximate surface area is 124 Å². The van der Waals surface area contributed by atoms with E-state index >= 15 is 0 Å². The summed E-state index contributed by atoms with van der Waals surface area (Å²) in [5.41, 5.74) is 3.27. The van der Waals surface area contributed by atoms with Gasteiger partial charge < -0.3 is 9.88 Å². The lowest BCUT2D eigenvalue weighted by Gasteiger charge is -2.17. The summed E-state index contributed by atoms with van der Waals surface area (Å²) in [7, 11) is 1.85. The Kier molecular flexibility index (Phi) is 3.73.